The number of anilines is 2. The van der Waals surface area contributed by atoms with Gasteiger partial charge < -0.3 is 20.3 Å². The Labute approximate surface area is 182 Å². The average molecular weight is 432 g/mol. The molecule has 3 rings (SSSR count). The highest BCUT2D eigenvalue weighted by molar-refractivity contribution is 7.80. The SMILES string of the molecule is CCOC(=O)c1ccc(NC(=S)NCCCN2CCCc3ccccc32)cc1Cl. The molecule has 5 nitrogen and oxygen atoms in total. The van der Waals surface area contributed by atoms with E-state index < -0.39 is 5.97 Å². The van der Waals surface area contributed by atoms with Crippen LogP contribution in [0, 0.1) is 0 Å². The molecule has 0 radical (unpaired) electrons. The Kier molecular flexibility index (Phi) is 7.72. The number of aryl methyl sites for hydroxylation is 1. The molecule has 0 atom stereocenters. The minimum Gasteiger partial charge on any atom is -0.462 e. The summed E-state index contributed by atoms with van der Waals surface area (Å²) in [5.74, 6) is -0.427. The predicted octanol–water partition coefficient (Wildman–Crippen LogP) is 4.65. The highest BCUT2D eigenvalue weighted by Gasteiger charge is 2.15. The summed E-state index contributed by atoms with van der Waals surface area (Å²) in [6.45, 7) is 4.94. The zero-order chi connectivity index (χ0) is 20.6. The van der Waals surface area contributed by atoms with Crippen LogP contribution < -0.4 is 15.5 Å². The van der Waals surface area contributed by atoms with E-state index in [0.717, 1.165) is 38.2 Å². The van der Waals surface area contributed by atoms with E-state index in [-0.39, 0.29) is 0 Å². The van der Waals surface area contributed by atoms with Crippen molar-refractivity contribution in [3.63, 3.8) is 0 Å². The maximum Gasteiger partial charge on any atom is 0.339 e. The van der Waals surface area contributed by atoms with Gasteiger partial charge in [-0.05, 0) is 68.2 Å². The number of rotatable bonds is 7. The number of carbonyl (C=O) groups is 1. The molecule has 1 heterocycles. The summed E-state index contributed by atoms with van der Waals surface area (Å²) < 4.78 is 4.98. The van der Waals surface area contributed by atoms with Gasteiger partial charge in [0.25, 0.3) is 0 Å². The van der Waals surface area contributed by atoms with Crippen molar-refractivity contribution in [2.75, 3.05) is 36.5 Å². The van der Waals surface area contributed by atoms with Crippen molar-refractivity contribution < 1.29 is 9.53 Å². The maximum atomic E-state index is 11.8. The van der Waals surface area contributed by atoms with Gasteiger partial charge in [-0.25, -0.2) is 4.79 Å². The van der Waals surface area contributed by atoms with Crippen molar-refractivity contribution in [3.05, 3.63) is 58.6 Å². The smallest absolute Gasteiger partial charge is 0.339 e. The third-order valence-electron chi connectivity index (χ3n) is 4.82. The number of hydrogen-bond acceptors (Lipinski definition) is 4. The molecule has 0 bridgehead atoms. The fourth-order valence-corrected chi connectivity index (χ4v) is 3.94. The predicted molar refractivity (Wildman–Crippen MR) is 123 cm³/mol. The summed E-state index contributed by atoms with van der Waals surface area (Å²) in [6.07, 6.45) is 3.35. The molecule has 0 aromatic heterocycles. The lowest BCUT2D eigenvalue weighted by molar-refractivity contribution is 0.0526. The highest BCUT2D eigenvalue weighted by atomic mass is 35.5. The molecule has 0 aliphatic carbocycles. The molecule has 2 aromatic rings. The van der Waals surface area contributed by atoms with Crippen molar-refractivity contribution in [1.29, 1.82) is 0 Å². The van der Waals surface area contributed by atoms with Gasteiger partial charge in [0.15, 0.2) is 5.11 Å². The molecule has 154 valence electrons. The lowest BCUT2D eigenvalue weighted by Gasteiger charge is -2.31. The first kappa shape index (κ1) is 21.4. The van der Waals surface area contributed by atoms with Gasteiger partial charge in [0.2, 0.25) is 0 Å². The molecule has 0 amide bonds. The Bertz CT molecular complexity index is 875. The fourth-order valence-electron chi connectivity index (χ4n) is 3.46. The second-order valence-electron chi connectivity index (χ2n) is 6.87. The molecule has 0 saturated carbocycles. The van der Waals surface area contributed by atoms with Gasteiger partial charge in [-0.2, -0.15) is 0 Å². The monoisotopic (exact) mass is 431 g/mol. The standard InChI is InChI=1S/C22H26ClN3O2S/c1-2-28-21(27)18-11-10-17(15-19(18)23)25-22(29)24-12-6-14-26-13-5-8-16-7-3-4-9-20(16)26/h3-4,7,9-11,15H,2,5-6,8,12-14H2,1H3,(H2,24,25,29). The second kappa shape index (κ2) is 10.5. The number of thiocarbonyl (C=S) groups is 1. The van der Waals surface area contributed by atoms with Crippen LogP contribution in [-0.4, -0.2) is 37.3 Å². The van der Waals surface area contributed by atoms with Crippen LogP contribution in [0.25, 0.3) is 0 Å². The van der Waals surface area contributed by atoms with Crippen LogP contribution in [0.15, 0.2) is 42.5 Å². The summed E-state index contributed by atoms with van der Waals surface area (Å²) >= 11 is 11.6. The van der Waals surface area contributed by atoms with Crippen LogP contribution in [-0.2, 0) is 11.2 Å². The summed E-state index contributed by atoms with van der Waals surface area (Å²) in [5, 5.41) is 7.20. The van der Waals surface area contributed by atoms with E-state index in [1.165, 1.54) is 17.7 Å². The number of esters is 1. The van der Waals surface area contributed by atoms with E-state index in [9.17, 15) is 4.79 Å². The zero-order valence-electron chi connectivity index (χ0n) is 16.5. The summed E-state index contributed by atoms with van der Waals surface area (Å²) in [6, 6.07) is 13.7. The van der Waals surface area contributed by atoms with Gasteiger partial charge in [-0.15, -0.1) is 0 Å². The molecule has 0 fully saturated rings. The van der Waals surface area contributed by atoms with Crippen molar-refractivity contribution >= 4 is 46.3 Å². The van der Waals surface area contributed by atoms with Gasteiger partial charge >= 0.3 is 5.97 Å². The number of ether oxygens (including phenoxy) is 1. The van der Waals surface area contributed by atoms with E-state index in [1.54, 1.807) is 25.1 Å². The molecule has 2 aromatic carbocycles. The quantitative estimate of drug-likeness (QED) is 0.378. The number of para-hydroxylation sites is 1. The topological polar surface area (TPSA) is 53.6 Å². The van der Waals surface area contributed by atoms with Crippen molar-refractivity contribution in [2.24, 2.45) is 0 Å². The molecule has 0 saturated heterocycles. The third-order valence-corrected chi connectivity index (χ3v) is 5.38. The molecule has 2 N–H and O–H groups in total. The van der Waals surface area contributed by atoms with Gasteiger partial charge in [0.05, 0.1) is 17.2 Å². The summed E-state index contributed by atoms with van der Waals surface area (Å²) in [7, 11) is 0. The average Bonchev–Trinajstić information content (AvgIpc) is 2.71. The molecule has 29 heavy (non-hydrogen) atoms. The second-order valence-corrected chi connectivity index (χ2v) is 7.68. The van der Waals surface area contributed by atoms with Gasteiger partial charge in [0, 0.05) is 31.0 Å². The van der Waals surface area contributed by atoms with Crippen LogP contribution in [0.1, 0.15) is 35.7 Å². The van der Waals surface area contributed by atoms with E-state index in [4.69, 9.17) is 28.6 Å². The van der Waals surface area contributed by atoms with Crippen LogP contribution in [0.5, 0.6) is 0 Å². The molecule has 1 aliphatic heterocycles. The number of benzene rings is 2. The molecule has 7 heteroatoms. The maximum absolute atomic E-state index is 11.8. The largest absolute Gasteiger partial charge is 0.462 e. The zero-order valence-corrected chi connectivity index (χ0v) is 18.1. The molecule has 1 aliphatic rings. The highest BCUT2D eigenvalue weighted by Crippen LogP contribution is 2.26. The third kappa shape index (κ3) is 5.84. The molecular weight excluding hydrogens is 406 g/mol. The van der Waals surface area contributed by atoms with Crippen molar-refractivity contribution in [2.45, 2.75) is 26.2 Å². The van der Waals surface area contributed by atoms with Crippen molar-refractivity contribution in [1.82, 2.24) is 5.32 Å². The normalized spacial score (nSPS) is 12.8. The summed E-state index contributed by atoms with van der Waals surface area (Å²) in [5.41, 5.74) is 3.87. The molecular formula is C22H26ClN3O2S. The number of nitrogens with zero attached hydrogens (tertiary/aromatic N) is 1. The van der Waals surface area contributed by atoms with Crippen LogP contribution >= 0.6 is 23.8 Å². The number of carbonyl (C=O) groups excluding carboxylic acids is 1. The number of nitrogens with one attached hydrogen (secondary N) is 2. The van der Waals surface area contributed by atoms with E-state index in [1.807, 2.05) is 0 Å². The Hall–Kier alpha value is -2.31. The van der Waals surface area contributed by atoms with Crippen LogP contribution in [0.4, 0.5) is 11.4 Å². The number of fused-ring (bicyclic) bond motifs is 1. The molecule has 0 spiro atoms. The summed E-state index contributed by atoms with van der Waals surface area (Å²) in [4.78, 5) is 14.3. The van der Waals surface area contributed by atoms with Crippen LogP contribution in [0.3, 0.4) is 0 Å². The van der Waals surface area contributed by atoms with Crippen LogP contribution in [0.2, 0.25) is 5.02 Å². The van der Waals surface area contributed by atoms with Gasteiger partial charge in [-0.1, -0.05) is 29.8 Å². The Morgan fingerprint density at radius 1 is 1.28 bits per heavy atom. The molecule has 0 unspecified atom stereocenters. The number of halogens is 1. The Balaban J connectivity index is 1.44. The van der Waals surface area contributed by atoms with Crippen molar-refractivity contribution in [3.8, 4) is 0 Å². The number of hydrogen-bond donors (Lipinski definition) is 2. The van der Waals surface area contributed by atoms with E-state index >= 15 is 0 Å². The Morgan fingerprint density at radius 3 is 2.90 bits per heavy atom. The Morgan fingerprint density at radius 2 is 2.10 bits per heavy atom. The first-order chi connectivity index (χ1) is 14.1. The minimum absolute atomic E-state index is 0.312. The fraction of sp³-hybridized carbons (Fsp3) is 0.364. The lowest BCUT2D eigenvalue weighted by atomic mass is 10.0. The van der Waals surface area contributed by atoms with E-state index in [0.29, 0.717) is 22.3 Å². The van der Waals surface area contributed by atoms with Gasteiger partial charge in [-0.3, -0.25) is 0 Å². The van der Waals surface area contributed by atoms with E-state index in [2.05, 4.69) is 39.8 Å². The first-order valence-electron chi connectivity index (χ1n) is 9.93. The lowest BCUT2D eigenvalue weighted by Crippen LogP contribution is -2.34. The minimum atomic E-state index is -0.427. The van der Waals surface area contributed by atoms with Gasteiger partial charge in [0.1, 0.15) is 0 Å². The first-order valence-corrected chi connectivity index (χ1v) is 10.7.